The van der Waals surface area contributed by atoms with E-state index in [1.54, 1.807) is 0 Å². The average molecular weight is 288 g/mol. The molecule has 0 bridgehead atoms. The number of rotatable bonds is 7. The highest BCUT2D eigenvalue weighted by molar-refractivity contribution is 7.46. The van der Waals surface area contributed by atoms with E-state index >= 15 is 0 Å². The van der Waals surface area contributed by atoms with Crippen LogP contribution in [-0.2, 0) is 15.2 Å². The Morgan fingerprint density at radius 1 is 0.750 bits per heavy atom. The molecule has 106 valence electrons. The summed E-state index contributed by atoms with van der Waals surface area (Å²) < 4.78 is 11.3. The normalized spacial score (nSPS) is 10.9. The maximum atomic E-state index is 5.64. The maximum absolute atomic E-state index is 5.64. The van der Waals surface area contributed by atoms with Gasteiger partial charge < -0.3 is 9.05 Å². The van der Waals surface area contributed by atoms with Crippen LogP contribution in [0.5, 0.6) is 0 Å². The van der Waals surface area contributed by atoms with Gasteiger partial charge in [-0.15, -0.1) is 0 Å². The van der Waals surface area contributed by atoms with E-state index in [1.165, 1.54) is 16.7 Å². The van der Waals surface area contributed by atoms with Crippen LogP contribution in [0.1, 0.15) is 19.4 Å². The molecule has 0 heterocycles. The molecule has 0 saturated heterocycles. The molecule has 0 N–H and O–H groups in total. The number of benzene rings is 2. The van der Waals surface area contributed by atoms with Gasteiger partial charge in [0.2, 0.25) is 0 Å². The zero-order valence-corrected chi connectivity index (χ0v) is 13.0. The summed E-state index contributed by atoms with van der Waals surface area (Å²) in [7, 11) is -0.801. The van der Waals surface area contributed by atoms with E-state index in [0.717, 1.165) is 6.16 Å². The van der Waals surface area contributed by atoms with Gasteiger partial charge in [0.25, 0.3) is 0 Å². The molecule has 2 aromatic rings. The van der Waals surface area contributed by atoms with Gasteiger partial charge in [-0.1, -0.05) is 54.6 Å². The van der Waals surface area contributed by atoms with Crippen LogP contribution in [-0.4, -0.2) is 13.2 Å². The Bertz CT molecular complexity index is 490. The predicted octanol–water partition coefficient (Wildman–Crippen LogP) is 5.24. The summed E-state index contributed by atoms with van der Waals surface area (Å²) in [5.74, 6) is 0. The first kappa shape index (κ1) is 15.2. The maximum Gasteiger partial charge on any atom is 0.175 e. The van der Waals surface area contributed by atoms with Crippen molar-refractivity contribution in [3.63, 3.8) is 0 Å². The largest absolute Gasteiger partial charge is 0.334 e. The molecule has 2 rings (SSSR count). The highest BCUT2D eigenvalue weighted by Gasteiger charge is 2.10. The lowest BCUT2D eigenvalue weighted by atomic mass is 10.0. The van der Waals surface area contributed by atoms with Crippen molar-refractivity contribution in [2.24, 2.45) is 0 Å². The molecular weight excluding hydrogens is 267 g/mol. The van der Waals surface area contributed by atoms with Crippen molar-refractivity contribution in [1.29, 1.82) is 0 Å². The molecule has 0 aromatic heterocycles. The van der Waals surface area contributed by atoms with Crippen molar-refractivity contribution >= 4 is 8.38 Å². The summed E-state index contributed by atoms with van der Waals surface area (Å²) in [6.07, 6.45) is 0.853. The Morgan fingerprint density at radius 3 is 1.85 bits per heavy atom. The SMILES string of the molecule is CCOP(Cc1ccc(-c2ccccc2)cc1)OCC. The van der Waals surface area contributed by atoms with Gasteiger partial charge in [0.15, 0.2) is 8.38 Å². The fraction of sp³-hybridized carbons (Fsp3) is 0.294. The highest BCUT2D eigenvalue weighted by atomic mass is 31.2. The Kier molecular flexibility index (Phi) is 6.20. The molecule has 0 spiro atoms. The van der Waals surface area contributed by atoms with Gasteiger partial charge >= 0.3 is 0 Å². The third-order valence-corrected chi connectivity index (χ3v) is 4.63. The second-order valence-corrected chi connectivity index (χ2v) is 5.89. The van der Waals surface area contributed by atoms with Gasteiger partial charge in [-0.3, -0.25) is 0 Å². The van der Waals surface area contributed by atoms with Gasteiger partial charge in [-0.25, -0.2) is 0 Å². The number of hydrogen-bond donors (Lipinski definition) is 0. The van der Waals surface area contributed by atoms with Crippen LogP contribution in [0.2, 0.25) is 0 Å². The monoisotopic (exact) mass is 288 g/mol. The summed E-state index contributed by atoms with van der Waals surface area (Å²) in [5.41, 5.74) is 3.75. The summed E-state index contributed by atoms with van der Waals surface area (Å²) >= 11 is 0. The minimum atomic E-state index is -0.801. The lowest BCUT2D eigenvalue weighted by molar-refractivity contribution is 0.268. The summed E-state index contributed by atoms with van der Waals surface area (Å²) in [6.45, 7) is 5.42. The third kappa shape index (κ3) is 4.42. The molecular formula is C17H21O2P. The second kappa shape index (κ2) is 8.16. The molecule has 0 fully saturated rings. The van der Waals surface area contributed by atoms with E-state index in [0.29, 0.717) is 13.2 Å². The molecule has 0 saturated carbocycles. The quantitative estimate of drug-likeness (QED) is 0.649. The van der Waals surface area contributed by atoms with Crippen molar-refractivity contribution < 1.29 is 9.05 Å². The van der Waals surface area contributed by atoms with Crippen LogP contribution in [0.25, 0.3) is 11.1 Å². The third-order valence-electron chi connectivity index (χ3n) is 2.92. The van der Waals surface area contributed by atoms with Gasteiger partial charge in [0.05, 0.1) is 13.2 Å². The van der Waals surface area contributed by atoms with Gasteiger partial charge in [-0.2, -0.15) is 0 Å². The van der Waals surface area contributed by atoms with Crippen molar-refractivity contribution in [3.05, 3.63) is 60.2 Å². The van der Waals surface area contributed by atoms with Crippen LogP contribution in [0.4, 0.5) is 0 Å². The minimum Gasteiger partial charge on any atom is -0.334 e. The Labute approximate surface area is 122 Å². The Balaban J connectivity index is 2.04. The van der Waals surface area contributed by atoms with Crippen LogP contribution >= 0.6 is 8.38 Å². The van der Waals surface area contributed by atoms with Crippen molar-refractivity contribution in [2.45, 2.75) is 20.0 Å². The van der Waals surface area contributed by atoms with Gasteiger partial charge in [0, 0.05) is 6.16 Å². The van der Waals surface area contributed by atoms with E-state index in [-0.39, 0.29) is 0 Å². The van der Waals surface area contributed by atoms with Crippen molar-refractivity contribution in [1.82, 2.24) is 0 Å². The van der Waals surface area contributed by atoms with Crippen LogP contribution in [0.3, 0.4) is 0 Å². The van der Waals surface area contributed by atoms with Crippen molar-refractivity contribution in [3.8, 4) is 11.1 Å². The second-order valence-electron chi connectivity index (χ2n) is 4.39. The van der Waals surface area contributed by atoms with Crippen molar-refractivity contribution in [2.75, 3.05) is 13.2 Å². The van der Waals surface area contributed by atoms with Gasteiger partial charge in [0.1, 0.15) is 0 Å². The fourth-order valence-corrected chi connectivity index (χ4v) is 3.34. The molecule has 2 nitrogen and oxygen atoms in total. The molecule has 0 atom stereocenters. The van der Waals surface area contributed by atoms with Crippen LogP contribution in [0.15, 0.2) is 54.6 Å². The van der Waals surface area contributed by atoms with Gasteiger partial charge in [-0.05, 0) is 30.5 Å². The standard InChI is InChI=1S/C17H21O2P/c1-3-18-20(19-4-2)14-15-10-12-17(13-11-15)16-8-6-5-7-9-16/h5-13H,3-4,14H2,1-2H3. The Hall–Kier alpha value is -1.21. The molecule has 0 amide bonds. The minimum absolute atomic E-state index is 0.702. The fourth-order valence-electron chi connectivity index (χ4n) is 2.00. The molecule has 0 unspecified atom stereocenters. The number of hydrogen-bond acceptors (Lipinski definition) is 2. The lowest BCUT2D eigenvalue weighted by Crippen LogP contribution is -1.94. The van der Waals surface area contributed by atoms with E-state index < -0.39 is 8.38 Å². The molecule has 0 aliphatic carbocycles. The molecule has 0 aliphatic heterocycles. The highest BCUT2D eigenvalue weighted by Crippen LogP contribution is 2.42. The summed E-state index contributed by atoms with van der Waals surface area (Å²) in [6, 6.07) is 19.1. The van der Waals surface area contributed by atoms with E-state index in [9.17, 15) is 0 Å². The van der Waals surface area contributed by atoms with E-state index in [2.05, 4.69) is 48.5 Å². The first-order valence-corrected chi connectivity index (χ1v) is 8.37. The van der Waals surface area contributed by atoms with E-state index in [4.69, 9.17) is 9.05 Å². The van der Waals surface area contributed by atoms with Crippen LogP contribution in [0, 0.1) is 0 Å². The first-order valence-electron chi connectivity index (χ1n) is 7.01. The topological polar surface area (TPSA) is 18.5 Å². The summed E-state index contributed by atoms with van der Waals surface area (Å²) in [4.78, 5) is 0. The molecule has 0 aliphatic rings. The zero-order chi connectivity index (χ0) is 14.2. The zero-order valence-electron chi connectivity index (χ0n) is 12.1. The molecule has 20 heavy (non-hydrogen) atoms. The Morgan fingerprint density at radius 2 is 1.30 bits per heavy atom. The van der Waals surface area contributed by atoms with E-state index in [1.807, 2.05) is 19.9 Å². The lowest BCUT2D eigenvalue weighted by Gasteiger charge is -2.15. The smallest absolute Gasteiger partial charge is 0.175 e. The molecule has 2 aromatic carbocycles. The molecule has 3 heteroatoms. The molecule has 0 radical (unpaired) electrons. The summed E-state index contributed by atoms with van der Waals surface area (Å²) in [5, 5.41) is 0. The first-order chi connectivity index (χ1) is 9.83. The van der Waals surface area contributed by atoms with Crippen LogP contribution < -0.4 is 0 Å². The predicted molar refractivity (Wildman–Crippen MR) is 85.8 cm³/mol. The average Bonchev–Trinajstić information content (AvgIpc) is 2.49.